The molecule has 0 atom stereocenters. The second-order valence-electron chi connectivity index (χ2n) is 7.71. The topological polar surface area (TPSA) is 55.8 Å². The second kappa shape index (κ2) is 10.8. The number of methoxy groups -OCH3 is 1. The third-order valence-corrected chi connectivity index (χ3v) is 7.05. The fourth-order valence-electron chi connectivity index (χ4n) is 3.48. The molecule has 3 aromatic rings. The Kier molecular flexibility index (Phi) is 7.85. The van der Waals surface area contributed by atoms with Crippen LogP contribution in [-0.4, -0.2) is 23.2 Å². The number of nitrogens with zero attached hydrogens (tertiary/aromatic N) is 1. The molecule has 0 aromatic heterocycles. The quantitative estimate of drug-likeness (QED) is 0.213. The van der Waals surface area contributed by atoms with Crippen molar-refractivity contribution in [3.8, 4) is 11.5 Å². The molecule has 0 radical (unpaired) electrons. The van der Waals surface area contributed by atoms with Crippen LogP contribution in [0.5, 0.6) is 11.5 Å². The van der Waals surface area contributed by atoms with Gasteiger partial charge in [-0.2, -0.15) is 0 Å². The summed E-state index contributed by atoms with van der Waals surface area (Å²) in [5.41, 5.74) is 3.70. The van der Waals surface area contributed by atoms with E-state index in [1.807, 2.05) is 55.5 Å². The van der Waals surface area contributed by atoms with Crippen LogP contribution >= 0.6 is 46.0 Å². The first-order valence-corrected chi connectivity index (χ1v) is 12.7. The lowest BCUT2D eigenvalue weighted by atomic mass is 10.1. The minimum absolute atomic E-state index is 0.231. The van der Waals surface area contributed by atoms with E-state index in [9.17, 15) is 9.59 Å². The molecular formula is C26H21ClINO4S. The summed E-state index contributed by atoms with van der Waals surface area (Å²) in [5, 5.41) is 0.0577. The van der Waals surface area contributed by atoms with Crippen molar-refractivity contribution in [2.45, 2.75) is 20.1 Å². The third-order valence-electron chi connectivity index (χ3n) is 5.14. The molecule has 0 bridgehead atoms. The van der Waals surface area contributed by atoms with Gasteiger partial charge < -0.3 is 9.47 Å². The standard InChI is InChI=1S/C26H21ClINO4S/c1-16-4-3-5-18(10-16)15-33-24-21(27)11-19(12-22(24)32-2)13-23-25(30)29(26(31)34-23)14-17-6-8-20(28)9-7-17/h3-13H,14-15H2,1-2H3/b23-13-. The van der Waals surface area contributed by atoms with Crippen LogP contribution in [0, 0.1) is 10.5 Å². The first kappa shape index (κ1) is 24.6. The number of rotatable bonds is 7. The van der Waals surface area contributed by atoms with Crippen molar-refractivity contribution in [2.75, 3.05) is 7.11 Å². The van der Waals surface area contributed by atoms with Gasteiger partial charge in [-0.25, -0.2) is 0 Å². The molecule has 1 heterocycles. The third kappa shape index (κ3) is 5.76. The largest absolute Gasteiger partial charge is 0.493 e. The predicted octanol–water partition coefficient (Wildman–Crippen LogP) is 7.08. The monoisotopic (exact) mass is 605 g/mol. The number of halogens is 2. The zero-order chi connectivity index (χ0) is 24.2. The van der Waals surface area contributed by atoms with Crippen molar-refractivity contribution in [1.82, 2.24) is 4.90 Å². The zero-order valence-electron chi connectivity index (χ0n) is 18.5. The van der Waals surface area contributed by atoms with Crippen molar-refractivity contribution in [3.63, 3.8) is 0 Å². The molecule has 8 heteroatoms. The predicted molar refractivity (Wildman–Crippen MR) is 144 cm³/mol. The number of imide groups is 1. The van der Waals surface area contributed by atoms with Crippen LogP contribution in [0.25, 0.3) is 6.08 Å². The summed E-state index contributed by atoms with van der Waals surface area (Å²) in [5.74, 6) is 0.544. The van der Waals surface area contributed by atoms with Crippen molar-refractivity contribution in [3.05, 3.63) is 96.4 Å². The Morgan fingerprint density at radius 1 is 1.06 bits per heavy atom. The lowest BCUT2D eigenvalue weighted by molar-refractivity contribution is -0.123. The van der Waals surface area contributed by atoms with E-state index >= 15 is 0 Å². The molecule has 5 nitrogen and oxygen atoms in total. The van der Waals surface area contributed by atoms with Gasteiger partial charge >= 0.3 is 0 Å². The van der Waals surface area contributed by atoms with Crippen molar-refractivity contribution < 1.29 is 19.1 Å². The molecule has 0 unspecified atom stereocenters. The van der Waals surface area contributed by atoms with Gasteiger partial charge in [0, 0.05) is 3.57 Å². The number of ether oxygens (including phenoxy) is 2. The molecule has 0 spiro atoms. The fraction of sp³-hybridized carbons (Fsp3) is 0.154. The van der Waals surface area contributed by atoms with E-state index in [1.54, 1.807) is 18.2 Å². The van der Waals surface area contributed by atoms with Gasteiger partial charge in [0.1, 0.15) is 6.61 Å². The van der Waals surface area contributed by atoms with E-state index in [0.717, 1.165) is 32.0 Å². The van der Waals surface area contributed by atoms with Gasteiger partial charge in [0.15, 0.2) is 11.5 Å². The number of aryl methyl sites for hydroxylation is 1. The maximum absolute atomic E-state index is 12.9. The van der Waals surface area contributed by atoms with Crippen LogP contribution in [0.15, 0.2) is 65.6 Å². The van der Waals surface area contributed by atoms with E-state index in [-0.39, 0.29) is 17.7 Å². The number of thioether (sulfide) groups is 1. The summed E-state index contributed by atoms with van der Waals surface area (Å²) in [6.45, 7) is 2.59. The highest BCUT2D eigenvalue weighted by atomic mass is 127. The van der Waals surface area contributed by atoms with Gasteiger partial charge in [-0.1, -0.05) is 53.6 Å². The van der Waals surface area contributed by atoms with Crippen LogP contribution in [0.2, 0.25) is 5.02 Å². The van der Waals surface area contributed by atoms with E-state index in [1.165, 1.54) is 12.0 Å². The molecule has 3 aromatic carbocycles. The van der Waals surface area contributed by atoms with E-state index in [2.05, 4.69) is 22.6 Å². The Morgan fingerprint density at radius 3 is 2.53 bits per heavy atom. The van der Waals surface area contributed by atoms with Crippen LogP contribution in [0.3, 0.4) is 0 Å². The van der Waals surface area contributed by atoms with Crippen LogP contribution in [0.1, 0.15) is 22.3 Å². The minimum atomic E-state index is -0.330. The summed E-state index contributed by atoms with van der Waals surface area (Å²) in [4.78, 5) is 27.0. The smallest absolute Gasteiger partial charge is 0.293 e. The summed E-state index contributed by atoms with van der Waals surface area (Å²) < 4.78 is 12.5. The Labute approximate surface area is 221 Å². The maximum atomic E-state index is 12.9. The lowest BCUT2D eigenvalue weighted by Gasteiger charge is -2.14. The number of hydrogen-bond donors (Lipinski definition) is 0. The number of carbonyl (C=O) groups is 2. The average molecular weight is 606 g/mol. The number of carbonyl (C=O) groups excluding carboxylic acids is 2. The Hall–Kier alpha value is -2.49. The van der Waals surface area contributed by atoms with Gasteiger partial charge in [0.25, 0.3) is 11.1 Å². The molecule has 2 amide bonds. The highest BCUT2D eigenvalue weighted by Crippen LogP contribution is 2.39. The zero-order valence-corrected chi connectivity index (χ0v) is 22.2. The molecule has 4 rings (SSSR count). The maximum Gasteiger partial charge on any atom is 0.293 e. The molecule has 1 aliphatic heterocycles. The first-order chi connectivity index (χ1) is 16.3. The van der Waals surface area contributed by atoms with Crippen LogP contribution in [-0.2, 0) is 17.9 Å². The van der Waals surface area contributed by atoms with Crippen molar-refractivity contribution in [1.29, 1.82) is 0 Å². The second-order valence-corrected chi connectivity index (χ2v) is 10.4. The van der Waals surface area contributed by atoms with E-state index in [4.69, 9.17) is 21.1 Å². The van der Waals surface area contributed by atoms with Gasteiger partial charge in [0.2, 0.25) is 0 Å². The highest BCUT2D eigenvalue weighted by molar-refractivity contribution is 14.1. The SMILES string of the molecule is COc1cc(/C=C2\SC(=O)N(Cc3ccc(I)cc3)C2=O)cc(Cl)c1OCc1cccc(C)c1. The first-order valence-electron chi connectivity index (χ1n) is 10.4. The molecule has 0 N–H and O–H groups in total. The molecule has 1 saturated heterocycles. The minimum Gasteiger partial charge on any atom is -0.493 e. The molecule has 0 saturated carbocycles. The molecule has 34 heavy (non-hydrogen) atoms. The van der Waals surface area contributed by atoms with Gasteiger partial charge in [-0.3, -0.25) is 14.5 Å². The fourth-order valence-corrected chi connectivity index (χ4v) is 4.95. The molecule has 0 aliphatic carbocycles. The van der Waals surface area contributed by atoms with E-state index in [0.29, 0.717) is 33.6 Å². The molecule has 1 aliphatic rings. The molecular weight excluding hydrogens is 585 g/mol. The Balaban J connectivity index is 1.53. The van der Waals surface area contributed by atoms with Crippen LogP contribution < -0.4 is 9.47 Å². The van der Waals surface area contributed by atoms with E-state index < -0.39 is 0 Å². The van der Waals surface area contributed by atoms with Gasteiger partial charge in [-0.15, -0.1) is 0 Å². The average Bonchev–Trinajstić information content (AvgIpc) is 3.06. The number of amides is 2. The number of hydrogen-bond acceptors (Lipinski definition) is 5. The molecule has 174 valence electrons. The summed E-state index contributed by atoms with van der Waals surface area (Å²) >= 11 is 9.63. The van der Waals surface area contributed by atoms with Gasteiger partial charge in [-0.05, 0) is 88.3 Å². The van der Waals surface area contributed by atoms with Crippen LogP contribution in [0.4, 0.5) is 4.79 Å². The summed E-state index contributed by atoms with van der Waals surface area (Å²) in [7, 11) is 1.53. The van der Waals surface area contributed by atoms with Crippen molar-refractivity contribution >= 4 is 63.2 Å². The van der Waals surface area contributed by atoms with Gasteiger partial charge in [0.05, 0.1) is 23.6 Å². The molecule has 1 fully saturated rings. The Bertz CT molecular complexity index is 1280. The van der Waals surface area contributed by atoms with Crippen molar-refractivity contribution in [2.24, 2.45) is 0 Å². The number of benzene rings is 3. The summed E-state index contributed by atoms with van der Waals surface area (Å²) in [6, 6.07) is 19.2. The highest BCUT2D eigenvalue weighted by Gasteiger charge is 2.35. The lowest BCUT2D eigenvalue weighted by Crippen LogP contribution is -2.27. The Morgan fingerprint density at radius 2 is 1.82 bits per heavy atom. The summed E-state index contributed by atoms with van der Waals surface area (Å²) in [6.07, 6.45) is 1.65. The normalized spacial score (nSPS) is 14.7.